The Bertz CT molecular complexity index is 1090. The van der Waals surface area contributed by atoms with Crippen LogP contribution in [0.5, 0.6) is 0 Å². The number of carbonyl (C=O) groups is 2. The highest BCUT2D eigenvalue weighted by atomic mass is 16.7. The highest BCUT2D eigenvalue weighted by Crippen LogP contribution is 2.23. The molecular weight excluding hydrogens is 384 g/mol. The zero-order valence-electron chi connectivity index (χ0n) is 16.1. The van der Waals surface area contributed by atoms with Gasteiger partial charge in [0, 0.05) is 17.7 Å². The van der Waals surface area contributed by atoms with Crippen LogP contribution in [0, 0.1) is 10.1 Å². The van der Waals surface area contributed by atoms with E-state index < -0.39 is 10.9 Å². The van der Waals surface area contributed by atoms with Crippen molar-refractivity contribution in [1.29, 1.82) is 0 Å². The Morgan fingerprint density at radius 1 is 0.867 bits per heavy atom. The van der Waals surface area contributed by atoms with Crippen molar-refractivity contribution in [3.05, 3.63) is 100 Å². The molecule has 7 heteroatoms. The van der Waals surface area contributed by atoms with Gasteiger partial charge in [0.25, 0.3) is 5.69 Å². The number of carbonyl (C=O) groups excluding carboxylic acids is 2. The van der Waals surface area contributed by atoms with Gasteiger partial charge < -0.3 is 4.84 Å². The minimum atomic E-state index is -0.636. The number of hydrogen-bond acceptors (Lipinski definition) is 6. The molecule has 0 amide bonds. The van der Waals surface area contributed by atoms with Crippen LogP contribution >= 0.6 is 0 Å². The molecule has 0 unspecified atom stereocenters. The van der Waals surface area contributed by atoms with Crippen LogP contribution in [0.25, 0.3) is 11.1 Å². The lowest BCUT2D eigenvalue weighted by molar-refractivity contribution is -0.384. The summed E-state index contributed by atoms with van der Waals surface area (Å²) in [5, 5.41) is 14.5. The fourth-order valence-electron chi connectivity index (χ4n) is 2.75. The molecule has 3 aromatic rings. The van der Waals surface area contributed by atoms with E-state index >= 15 is 0 Å². The summed E-state index contributed by atoms with van der Waals surface area (Å²) in [5.74, 6) is -0.975. The van der Waals surface area contributed by atoms with E-state index in [2.05, 4.69) is 5.16 Å². The third-order valence-corrected chi connectivity index (χ3v) is 4.40. The smallest absolute Gasteiger partial charge is 0.312 e. The molecule has 0 heterocycles. The zero-order chi connectivity index (χ0) is 21.5. The Hall–Kier alpha value is -4.13. The van der Waals surface area contributed by atoms with Gasteiger partial charge in [-0.25, -0.2) is 4.79 Å². The first kappa shape index (κ1) is 20.6. The van der Waals surface area contributed by atoms with Crippen LogP contribution < -0.4 is 0 Å². The Morgan fingerprint density at radius 3 is 1.97 bits per heavy atom. The first-order chi connectivity index (χ1) is 14.5. The number of hydrogen-bond donors (Lipinski definition) is 0. The molecule has 0 aliphatic rings. The molecule has 0 fully saturated rings. The average Bonchev–Trinajstić information content (AvgIpc) is 2.80. The van der Waals surface area contributed by atoms with Gasteiger partial charge in [0.05, 0.1) is 10.5 Å². The largest absolute Gasteiger partial charge is 0.365 e. The quantitative estimate of drug-likeness (QED) is 0.181. The molecule has 3 rings (SSSR count). The van der Waals surface area contributed by atoms with Crippen LogP contribution in [0.2, 0.25) is 0 Å². The standard InChI is InChI=1S/C23H18N2O5/c1-2-21(24-30-23(27)19-6-4-3-5-7-19)22(26)18-10-8-16(9-11-18)17-12-14-20(15-13-17)25(28)29/h3-15H,2H2,1H3/b24-21-. The van der Waals surface area contributed by atoms with Crippen molar-refractivity contribution < 1.29 is 19.3 Å². The molecule has 0 saturated heterocycles. The van der Waals surface area contributed by atoms with E-state index in [1.54, 1.807) is 73.7 Å². The number of oxime groups is 1. The summed E-state index contributed by atoms with van der Waals surface area (Å²) in [4.78, 5) is 39.9. The lowest BCUT2D eigenvalue weighted by Gasteiger charge is -2.06. The summed E-state index contributed by atoms with van der Waals surface area (Å²) in [7, 11) is 0. The molecule has 0 radical (unpaired) electrons. The van der Waals surface area contributed by atoms with Crippen molar-refractivity contribution in [2.75, 3.05) is 0 Å². The number of nitro groups is 1. The van der Waals surface area contributed by atoms with Crippen LogP contribution in [-0.2, 0) is 4.84 Å². The van der Waals surface area contributed by atoms with Gasteiger partial charge >= 0.3 is 5.97 Å². The molecule has 0 aromatic heterocycles. The first-order valence-electron chi connectivity index (χ1n) is 9.22. The van der Waals surface area contributed by atoms with E-state index in [1.807, 2.05) is 0 Å². The topological polar surface area (TPSA) is 98.9 Å². The summed E-state index contributed by atoms with van der Waals surface area (Å²) in [5.41, 5.74) is 2.49. The van der Waals surface area contributed by atoms with E-state index in [0.29, 0.717) is 17.5 Å². The molecule has 0 aliphatic heterocycles. The monoisotopic (exact) mass is 402 g/mol. The second-order valence-electron chi connectivity index (χ2n) is 6.35. The lowest BCUT2D eigenvalue weighted by atomic mass is 10.00. The summed E-state index contributed by atoms with van der Waals surface area (Å²) in [6, 6.07) is 21.3. The lowest BCUT2D eigenvalue weighted by Crippen LogP contribution is -2.15. The van der Waals surface area contributed by atoms with E-state index in [-0.39, 0.29) is 17.2 Å². The van der Waals surface area contributed by atoms with Crippen molar-refractivity contribution in [3.63, 3.8) is 0 Å². The SMILES string of the molecule is CC/C(=N/OC(=O)c1ccccc1)C(=O)c1ccc(-c2ccc([N+](=O)[O-])cc2)cc1. The second kappa shape index (κ2) is 9.38. The van der Waals surface area contributed by atoms with Gasteiger partial charge in [-0.05, 0) is 41.8 Å². The van der Waals surface area contributed by atoms with Crippen molar-refractivity contribution >= 4 is 23.2 Å². The third kappa shape index (κ3) is 4.82. The third-order valence-electron chi connectivity index (χ3n) is 4.40. The van der Waals surface area contributed by atoms with Crippen LogP contribution in [0.1, 0.15) is 34.1 Å². The molecule has 30 heavy (non-hydrogen) atoms. The predicted molar refractivity (Wildman–Crippen MR) is 112 cm³/mol. The maximum atomic E-state index is 12.7. The summed E-state index contributed by atoms with van der Waals surface area (Å²) in [6.07, 6.45) is 0.297. The Morgan fingerprint density at radius 2 is 1.43 bits per heavy atom. The maximum absolute atomic E-state index is 12.7. The highest BCUT2D eigenvalue weighted by molar-refractivity contribution is 6.45. The van der Waals surface area contributed by atoms with Crippen LogP contribution in [0.15, 0.2) is 84.0 Å². The molecule has 0 spiro atoms. The fraction of sp³-hybridized carbons (Fsp3) is 0.0870. The van der Waals surface area contributed by atoms with E-state index in [4.69, 9.17) is 4.84 Å². The van der Waals surface area contributed by atoms with Crippen molar-refractivity contribution in [3.8, 4) is 11.1 Å². The zero-order valence-corrected chi connectivity index (χ0v) is 16.1. The van der Waals surface area contributed by atoms with Gasteiger partial charge in [-0.15, -0.1) is 0 Å². The van der Waals surface area contributed by atoms with E-state index in [0.717, 1.165) is 11.1 Å². The van der Waals surface area contributed by atoms with Gasteiger partial charge in [0.1, 0.15) is 5.71 Å². The Labute approximate surface area is 172 Å². The van der Waals surface area contributed by atoms with Crippen molar-refractivity contribution in [1.82, 2.24) is 0 Å². The van der Waals surface area contributed by atoms with Gasteiger partial charge in [-0.2, -0.15) is 0 Å². The van der Waals surface area contributed by atoms with Gasteiger partial charge in [0.2, 0.25) is 5.78 Å². The molecule has 0 saturated carbocycles. The fourth-order valence-corrected chi connectivity index (χ4v) is 2.75. The van der Waals surface area contributed by atoms with Gasteiger partial charge in [0.15, 0.2) is 0 Å². The Balaban J connectivity index is 1.73. The Kier molecular flexibility index (Phi) is 6.44. The van der Waals surface area contributed by atoms with Gasteiger partial charge in [-0.3, -0.25) is 14.9 Å². The normalized spacial score (nSPS) is 11.0. The van der Waals surface area contributed by atoms with E-state index in [1.165, 1.54) is 12.1 Å². The predicted octanol–water partition coefficient (Wildman–Crippen LogP) is 5.07. The number of Topliss-reactive ketones (excluding diaryl/α,β-unsaturated/α-hetero) is 1. The summed E-state index contributed by atoms with van der Waals surface area (Å²) >= 11 is 0. The van der Waals surface area contributed by atoms with Crippen molar-refractivity contribution in [2.24, 2.45) is 5.16 Å². The second-order valence-corrected chi connectivity index (χ2v) is 6.35. The van der Waals surface area contributed by atoms with Crippen LogP contribution in [-0.4, -0.2) is 22.4 Å². The maximum Gasteiger partial charge on any atom is 0.365 e. The molecular formula is C23H18N2O5. The van der Waals surface area contributed by atoms with Gasteiger partial charge in [-0.1, -0.05) is 54.5 Å². The minimum Gasteiger partial charge on any atom is -0.312 e. The molecule has 7 nitrogen and oxygen atoms in total. The number of nitrogens with zero attached hydrogens (tertiary/aromatic N) is 2. The molecule has 0 N–H and O–H groups in total. The molecule has 0 atom stereocenters. The molecule has 0 bridgehead atoms. The molecule has 0 aliphatic carbocycles. The molecule has 150 valence electrons. The number of ketones is 1. The number of rotatable bonds is 7. The van der Waals surface area contributed by atoms with Crippen LogP contribution in [0.4, 0.5) is 5.69 Å². The van der Waals surface area contributed by atoms with Crippen LogP contribution in [0.3, 0.4) is 0 Å². The first-order valence-corrected chi connectivity index (χ1v) is 9.22. The summed E-state index contributed by atoms with van der Waals surface area (Å²) < 4.78 is 0. The summed E-state index contributed by atoms with van der Waals surface area (Å²) in [6.45, 7) is 1.75. The number of benzene rings is 3. The number of nitro benzene ring substituents is 1. The average molecular weight is 402 g/mol. The molecule has 3 aromatic carbocycles. The number of non-ortho nitro benzene ring substituents is 1. The van der Waals surface area contributed by atoms with Crippen molar-refractivity contribution in [2.45, 2.75) is 13.3 Å². The van der Waals surface area contributed by atoms with E-state index in [9.17, 15) is 19.7 Å². The minimum absolute atomic E-state index is 0.0133. The highest BCUT2D eigenvalue weighted by Gasteiger charge is 2.15.